The third kappa shape index (κ3) is 3.18. The van der Waals surface area contributed by atoms with Gasteiger partial charge in [-0.1, -0.05) is 17.7 Å². The predicted octanol–water partition coefficient (Wildman–Crippen LogP) is 2.62. The minimum atomic E-state index is -0.375. The second-order valence-electron chi connectivity index (χ2n) is 5.13. The molecule has 0 spiro atoms. The average molecular weight is 257 g/mol. The molecule has 2 rings (SSSR count). The predicted molar refractivity (Wildman–Crippen MR) is 68.5 cm³/mol. The fraction of sp³-hybridized carbons (Fsp3) is 0.538. The van der Waals surface area contributed by atoms with E-state index in [1.54, 1.807) is 6.07 Å². The highest BCUT2D eigenvalue weighted by molar-refractivity contribution is 6.30. The molecule has 0 unspecified atom stereocenters. The first-order chi connectivity index (χ1) is 7.98. The highest BCUT2D eigenvalue weighted by Crippen LogP contribution is 2.29. The molecule has 0 aromatic heterocycles. The summed E-state index contributed by atoms with van der Waals surface area (Å²) in [5.74, 6) is -0.375. The lowest BCUT2D eigenvalue weighted by molar-refractivity contribution is 0.271. The normalized spacial score (nSPS) is 29.3. The van der Waals surface area contributed by atoms with E-state index in [0.717, 1.165) is 31.2 Å². The fourth-order valence-electron chi connectivity index (χ4n) is 2.45. The molecule has 0 saturated heterocycles. The maximum Gasteiger partial charge on any atom is 0.142 e. The molecule has 1 aromatic carbocycles. The zero-order valence-corrected chi connectivity index (χ0v) is 10.5. The first kappa shape index (κ1) is 12.8. The number of nitrogens with two attached hydrogens (primary N) is 2. The highest BCUT2D eigenvalue weighted by Gasteiger charge is 2.30. The van der Waals surface area contributed by atoms with Crippen molar-refractivity contribution in [2.45, 2.75) is 43.7 Å². The van der Waals surface area contributed by atoms with Crippen molar-refractivity contribution in [3.8, 4) is 0 Å². The zero-order valence-electron chi connectivity index (χ0n) is 9.76. The largest absolute Gasteiger partial charge is 0.328 e. The molecule has 1 fully saturated rings. The van der Waals surface area contributed by atoms with E-state index in [4.69, 9.17) is 23.1 Å². The lowest BCUT2D eigenvalue weighted by Crippen LogP contribution is -2.47. The van der Waals surface area contributed by atoms with E-state index in [9.17, 15) is 4.39 Å². The molecule has 2 nitrogen and oxygen atoms in total. The molecule has 1 aliphatic carbocycles. The Hall–Kier alpha value is -0.640. The van der Waals surface area contributed by atoms with Gasteiger partial charge in [0.05, 0.1) is 5.02 Å². The van der Waals surface area contributed by atoms with Crippen LogP contribution in [0.5, 0.6) is 0 Å². The van der Waals surface area contributed by atoms with Gasteiger partial charge in [0, 0.05) is 11.6 Å². The molecule has 0 bridgehead atoms. The fourth-order valence-corrected chi connectivity index (χ4v) is 2.57. The SMILES string of the molecule is NC1CCC(N)(Cc2ccc(Cl)c(F)c2)CC1. The van der Waals surface area contributed by atoms with Gasteiger partial charge in [-0.05, 0) is 49.8 Å². The zero-order chi connectivity index (χ0) is 12.5. The molecule has 4 N–H and O–H groups in total. The van der Waals surface area contributed by atoms with Gasteiger partial charge in [-0.25, -0.2) is 4.39 Å². The van der Waals surface area contributed by atoms with Crippen molar-refractivity contribution in [2.24, 2.45) is 11.5 Å². The van der Waals surface area contributed by atoms with Gasteiger partial charge in [-0.3, -0.25) is 0 Å². The Morgan fingerprint density at radius 2 is 2.00 bits per heavy atom. The van der Waals surface area contributed by atoms with Crippen molar-refractivity contribution >= 4 is 11.6 Å². The number of hydrogen-bond donors (Lipinski definition) is 2. The molecular formula is C13H18ClFN2. The van der Waals surface area contributed by atoms with Crippen molar-refractivity contribution in [1.29, 1.82) is 0 Å². The van der Waals surface area contributed by atoms with Crippen LogP contribution >= 0.6 is 11.6 Å². The van der Waals surface area contributed by atoms with Crippen LogP contribution in [0.4, 0.5) is 4.39 Å². The van der Waals surface area contributed by atoms with E-state index in [1.807, 2.05) is 6.07 Å². The third-order valence-corrected chi connectivity index (χ3v) is 3.87. The van der Waals surface area contributed by atoms with Crippen molar-refractivity contribution in [2.75, 3.05) is 0 Å². The summed E-state index contributed by atoms with van der Waals surface area (Å²) < 4.78 is 13.3. The summed E-state index contributed by atoms with van der Waals surface area (Å²) >= 11 is 5.65. The number of hydrogen-bond acceptors (Lipinski definition) is 2. The van der Waals surface area contributed by atoms with Crippen molar-refractivity contribution in [3.63, 3.8) is 0 Å². The Morgan fingerprint density at radius 1 is 1.35 bits per heavy atom. The lowest BCUT2D eigenvalue weighted by atomic mass is 9.77. The smallest absolute Gasteiger partial charge is 0.142 e. The van der Waals surface area contributed by atoms with Crippen molar-refractivity contribution in [1.82, 2.24) is 0 Å². The summed E-state index contributed by atoms with van der Waals surface area (Å²) in [6, 6.07) is 5.18. The van der Waals surface area contributed by atoms with Crippen LogP contribution in [-0.2, 0) is 6.42 Å². The Balaban J connectivity index is 2.07. The van der Waals surface area contributed by atoms with Gasteiger partial charge in [0.15, 0.2) is 0 Å². The second kappa shape index (κ2) is 4.92. The van der Waals surface area contributed by atoms with Crippen LogP contribution in [0.1, 0.15) is 31.2 Å². The molecule has 0 radical (unpaired) electrons. The summed E-state index contributed by atoms with van der Waals surface area (Å²) in [5.41, 5.74) is 12.9. The molecule has 1 aromatic rings. The molecule has 0 heterocycles. The maximum absolute atomic E-state index is 13.3. The van der Waals surface area contributed by atoms with Gasteiger partial charge >= 0.3 is 0 Å². The molecule has 1 aliphatic rings. The van der Waals surface area contributed by atoms with Gasteiger partial charge in [-0.2, -0.15) is 0 Å². The minimum Gasteiger partial charge on any atom is -0.328 e. The number of benzene rings is 1. The topological polar surface area (TPSA) is 52.0 Å². The van der Waals surface area contributed by atoms with Crippen LogP contribution in [0.2, 0.25) is 5.02 Å². The molecule has 0 atom stereocenters. The Bertz CT molecular complexity index is 400. The first-order valence-corrected chi connectivity index (χ1v) is 6.35. The lowest BCUT2D eigenvalue weighted by Gasteiger charge is -2.36. The summed E-state index contributed by atoms with van der Waals surface area (Å²) in [4.78, 5) is 0. The van der Waals surface area contributed by atoms with Crippen LogP contribution in [-0.4, -0.2) is 11.6 Å². The van der Waals surface area contributed by atoms with Gasteiger partial charge < -0.3 is 11.5 Å². The summed E-state index contributed by atoms with van der Waals surface area (Å²) in [6.45, 7) is 0. The molecular weight excluding hydrogens is 239 g/mol. The first-order valence-electron chi connectivity index (χ1n) is 5.97. The van der Waals surface area contributed by atoms with Crippen LogP contribution in [0, 0.1) is 5.82 Å². The van der Waals surface area contributed by atoms with Crippen LogP contribution in [0.3, 0.4) is 0 Å². The highest BCUT2D eigenvalue weighted by atomic mass is 35.5. The monoisotopic (exact) mass is 256 g/mol. The van der Waals surface area contributed by atoms with Gasteiger partial charge in [0.1, 0.15) is 5.82 Å². The summed E-state index contributed by atoms with van der Waals surface area (Å²) in [5, 5.41) is 0.158. The van der Waals surface area contributed by atoms with Crippen LogP contribution in [0.25, 0.3) is 0 Å². The maximum atomic E-state index is 13.3. The van der Waals surface area contributed by atoms with Crippen LogP contribution < -0.4 is 11.5 Å². The van der Waals surface area contributed by atoms with E-state index in [-0.39, 0.29) is 22.4 Å². The summed E-state index contributed by atoms with van der Waals surface area (Å²) in [6.07, 6.45) is 4.39. The van der Waals surface area contributed by atoms with Crippen molar-refractivity contribution < 1.29 is 4.39 Å². The Morgan fingerprint density at radius 3 is 2.59 bits per heavy atom. The van der Waals surface area contributed by atoms with Gasteiger partial charge in [-0.15, -0.1) is 0 Å². The molecule has 94 valence electrons. The second-order valence-corrected chi connectivity index (χ2v) is 5.53. The molecule has 1 saturated carbocycles. The van der Waals surface area contributed by atoms with E-state index >= 15 is 0 Å². The van der Waals surface area contributed by atoms with Gasteiger partial charge in [0.2, 0.25) is 0 Å². The minimum absolute atomic E-state index is 0.158. The quantitative estimate of drug-likeness (QED) is 0.855. The third-order valence-electron chi connectivity index (χ3n) is 3.57. The Labute approximate surface area is 106 Å². The van der Waals surface area contributed by atoms with Crippen LogP contribution in [0.15, 0.2) is 18.2 Å². The number of halogens is 2. The molecule has 0 aliphatic heterocycles. The standard InChI is InChI=1S/C13H18ClFN2/c14-11-2-1-9(7-12(11)15)8-13(17)5-3-10(16)4-6-13/h1-2,7,10H,3-6,8,16-17H2. The summed E-state index contributed by atoms with van der Waals surface area (Å²) in [7, 11) is 0. The van der Waals surface area contributed by atoms with E-state index in [0.29, 0.717) is 6.42 Å². The average Bonchev–Trinajstić information content (AvgIpc) is 2.28. The van der Waals surface area contributed by atoms with Gasteiger partial charge in [0.25, 0.3) is 0 Å². The van der Waals surface area contributed by atoms with E-state index < -0.39 is 0 Å². The Kier molecular flexibility index (Phi) is 3.71. The number of rotatable bonds is 2. The molecule has 0 amide bonds. The van der Waals surface area contributed by atoms with E-state index in [1.165, 1.54) is 6.07 Å². The van der Waals surface area contributed by atoms with E-state index in [2.05, 4.69) is 0 Å². The molecule has 4 heteroatoms. The molecule has 17 heavy (non-hydrogen) atoms. The van der Waals surface area contributed by atoms with Crippen molar-refractivity contribution in [3.05, 3.63) is 34.6 Å².